The van der Waals surface area contributed by atoms with Crippen LogP contribution in [0.15, 0.2) is 0 Å². The predicted octanol–water partition coefficient (Wildman–Crippen LogP) is 1.56. The smallest absolute Gasteiger partial charge is 0.435 e. The molecule has 0 aromatic heterocycles. The van der Waals surface area contributed by atoms with Gasteiger partial charge in [-0.3, -0.25) is 9.59 Å². The molecule has 1 unspecified atom stereocenters. The molecule has 1 N–H and O–H groups in total. The summed E-state index contributed by atoms with van der Waals surface area (Å²) in [6.07, 6.45) is -0.772. The largest absolute Gasteiger partial charge is 0.508 e. The van der Waals surface area contributed by atoms with Gasteiger partial charge in [0.1, 0.15) is 12.6 Å². The Morgan fingerprint density at radius 1 is 1.18 bits per heavy atom. The number of nitrogens with zero attached hydrogens (tertiary/aromatic N) is 1. The van der Waals surface area contributed by atoms with Crippen LogP contribution in [0.1, 0.15) is 41.5 Å². The lowest BCUT2D eigenvalue weighted by Gasteiger charge is -2.33. The Morgan fingerprint density at radius 2 is 1.73 bits per heavy atom. The van der Waals surface area contributed by atoms with E-state index in [1.165, 1.54) is 11.8 Å². The summed E-state index contributed by atoms with van der Waals surface area (Å²) >= 11 is 0. The van der Waals surface area contributed by atoms with E-state index in [0.29, 0.717) is 0 Å². The van der Waals surface area contributed by atoms with Crippen molar-refractivity contribution in [3.63, 3.8) is 0 Å². The van der Waals surface area contributed by atoms with Gasteiger partial charge in [-0.1, -0.05) is 13.8 Å². The lowest BCUT2D eigenvalue weighted by molar-refractivity contribution is -0.140. The highest BCUT2D eigenvalue weighted by Gasteiger charge is 2.32. The first-order chi connectivity index (χ1) is 10.0. The molecule has 22 heavy (non-hydrogen) atoms. The van der Waals surface area contributed by atoms with Crippen LogP contribution in [0.3, 0.4) is 0 Å². The summed E-state index contributed by atoms with van der Waals surface area (Å²) in [5.74, 6) is -0.518. The first kappa shape index (κ1) is 20.2. The summed E-state index contributed by atoms with van der Waals surface area (Å²) in [5.41, 5.74) is -0.769. The average Bonchev–Trinajstić information content (AvgIpc) is 2.35. The summed E-state index contributed by atoms with van der Waals surface area (Å²) < 4.78 is 9.61. The third-order valence-electron chi connectivity index (χ3n) is 3.09. The van der Waals surface area contributed by atoms with Gasteiger partial charge in [-0.2, -0.15) is 0 Å². The standard InChI is InChI=1S/C15H28N2O5/c1-8-21-14(20)22-9-15(5,6)16-13(19)12(10(2)3)17(7)11(4)18/h10,12H,8-9H2,1-7H3,(H,16,19). The quantitative estimate of drug-likeness (QED) is 0.720. The van der Waals surface area contributed by atoms with Crippen molar-refractivity contribution in [2.75, 3.05) is 20.3 Å². The van der Waals surface area contributed by atoms with Gasteiger partial charge < -0.3 is 19.7 Å². The number of amides is 2. The van der Waals surface area contributed by atoms with E-state index in [9.17, 15) is 14.4 Å². The van der Waals surface area contributed by atoms with Crippen LogP contribution < -0.4 is 5.32 Å². The van der Waals surface area contributed by atoms with Gasteiger partial charge in [0.25, 0.3) is 0 Å². The van der Waals surface area contributed by atoms with Crippen molar-refractivity contribution in [1.82, 2.24) is 10.2 Å². The van der Waals surface area contributed by atoms with Crippen molar-refractivity contribution >= 4 is 18.0 Å². The summed E-state index contributed by atoms with van der Waals surface area (Å²) in [7, 11) is 1.59. The number of hydrogen-bond donors (Lipinski definition) is 1. The molecule has 7 nitrogen and oxygen atoms in total. The van der Waals surface area contributed by atoms with E-state index in [2.05, 4.69) is 10.1 Å². The zero-order valence-corrected chi connectivity index (χ0v) is 14.6. The van der Waals surface area contributed by atoms with Crippen LogP contribution in [-0.2, 0) is 19.1 Å². The molecule has 0 aromatic carbocycles. The maximum Gasteiger partial charge on any atom is 0.508 e. The number of nitrogens with one attached hydrogen (secondary N) is 1. The Bertz CT molecular complexity index is 407. The summed E-state index contributed by atoms with van der Waals surface area (Å²) in [6.45, 7) is 10.5. The molecule has 0 aliphatic heterocycles. The first-order valence-electron chi connectivity index (χ1n) is 7.36. The van der Waals surface area contributed by atoms with Gasteiger partial charge in [-0.15, -0.1) is 0 Å². The van der Waals surface area contributed by atoms with Gasteiger partial charge >= 0.3 is 6.16 Å². The lowest BCUT2D eigenvalue weighted by Crippen LogP contribution is -2.56. The molecule has 0 aliphatic carbocycles. The van der Waals surface area contributed by atoms with Gasteiger partial charge in [0.2, 0.25) is 11.8 Å². The molecule has 2 amide bonds. The molecule has 0 fully saturated rings. The minimum absolute atomic E-state index is 0.0217. The van der Waals surface area contributed by atoms with Crippen LogP contribution in [0.4, 0.5) is 4.79 Å². The highest BCUT2D eigenvalue weighted by atomic mass is 16.7. The number of hydrogen-bond acceptors (Lipinski definition) is 5. The SMILES string of the molecule is CCOC(=O)OCC(C)(C)NC(=O)C(C(C)C)N(C)C(C)=O. The minimum Gasteiger partial charge on any atom is -0.435 e. The Kier molecular flexibility index (Phi) is 7.90. The van der Waals surface area contributed by atoms with Gasteiger partial charge in [0.05, 0.1) is 12.1 Å². The molecule has 7 heteroatoms. The molecule has 0 saturated heterocycles. The molecule has 0 aromatic rings. The second kappa shape index (κ2) is 8.60. The van der Waals surface area contributed by atoms with Crippen LogP contribution in [0.5, 0.6) is 0 Å². The van der Waals surface area contributed by atoms with Crippen LogP contribution in [0.25, 0.3) is 0 Å². The van der Waals surface area contributed by atoms with Crippen LogP contribution >= 0.6 is 0 Å². The van der Waals surface area contributed by atoms with E-state index in [-0.39, 0.29) is 30.9 Å². The number of rotatable bonds is 7. The summed E-state index contributed by atoms with van der Waals surface area (Å²) in [6, 6.07) is -0.584. The van der Waals surface area contributed by atoms with Crippen molar-refractivity contribution in [2.24, 2.45) is 5.92 Å². The zero-order valence-electron chi connectivity index (χ0n) is 14.6. The Balaban J connectivity index is 4.76. The Hall–Kier alpha value is -1.79. The Labute approximate surface area is 132 Å². The fourth-order valence-electron chi connectivity index (χ4n) is 1.96. The molecule has 128 valence electrons. The second-order valence-corrected chi connectivity index (χ2v) is 6.16. The molecule has 1 atom stereocenters. The van der Waals surface area contributed by atoms with E-state index < -0.39 is 17.7 Å². The third kappa shape index (κ3) is 6.78. The highest BCUT2D eigenvalue weighted by Crippen LogP contribution is 2.12. The van der Waals surface area contributed by atoms with E-state index in [0.717, 1.165) is 0 Å². The number of ether oxygens (including phenoxy) is 2. The molecule has 0 spiro atoms. The van der Waals surface area contributed by atoms with Crippen molar-refractivity contribution in [3.8, 4) is 0 Å². The van der Waals surface area contributed by atoms with Gasteiger partial charge in [-0.25, -0.2) is 4.79 Å². The van der Waals surface area contributed by atoms with Crippen molar-refractivity contribution in [1.29, 1.82) is 0 Å². The third-order valence-corrected chi connectivity index (χ3v) is 3.09. The lowest BCUT2D eigenvalue weighted by atomic mass is 9.99. The fourth-order valence-corrected chi connectivity index (χ4v) is 1.96. The van der Waals surface area contributed by atoms with Crippen molar-refractivity contribution < 1.29 is 23.9 Å². The van der Waals surface area contributed by atoms with Crippen LogP contribution in [-0.4, -0.2) is 54.7 Å². The molecular weight excluding hydrogens is 288 g/mol. The summed E-state index contributed by atoms with van der Waals surface area (Å²) in [4.78, 5) is 36.6. The molecule has 0 bridgehead atoms. The zero-order chi connectivity index (χ0) is 17.5. The van der Waals surface area contributed by atoms with Crippen molar-refractivity contribution in [3.05, 3.63) is 0 Å². The molecule has 0 rings (SSSR count). The maximum atomic E-state index is 12.4. The monoisotopic (exact) mass is 316 g/mol. The first-order valence-corrected chi connectivity index (χ1v) is 7.36. The maximum absolute atomic E-state index is 12.4. The highest BCUT2D eigenvalue weighted by molar-refractivity contribution is 5.87. The van der Waals surface area contributed by atoms with E-state index in [1.54, 1.807) is 27.8 Å². The molecule has 0 radical (unpaired) electrons. The molecule has 0 saturated carbocycles. The second-order valence-electron chi connectivity index (χ2n) is 6.16. The molecule has 0 heterocycles. The molecular formula is C15H28N2O5. The van der Waals surface area contributed by atoms with Crippen molar-refractivity contribution in [2.45, 2.75) is 53.1 Å². The number of carbonyl (C=O) groups is 3. The van der Waals surface area contributed by atoms with Crippen LogP contribution in [0, 0.1) is 5.92 Å². The van der Waals surface area contributed by atoms with E-state index in [1.807, 2.05) is 13.8 Å². The van der Waals surface area contributed by atoms with Gasteiger partial charge in [0, 0.05) is 14.0 Å². The van der Waals surface area contributed by atoms with Gasteiger partial charge in [0.15, 0.2) is 0 Å². The fraction of sp³-hybridized carbons (Fsp3) is 0.800. The predicted molar refractivity (Wildman–Crippen MR) is 82.3 cm³/mol. The summed E-state index contributed by atoms with van der Waals surface area (Å²) in [5, 5.41) is 2.81. The molecule has 0 aliphatic rings. The average molecular weight is 316 g/mol. The topological polar surface area (TPSA) is 84.9 Å². The number of carbonyl (C=O) groups excluding carboxylic acids is 3. The Morgan fingerprint density at radius 3 is 2.14 bits per heavy atom. The van der Waals surface area contributed by atoms with E-state index >= 15 is 0 Å². The number of likely N-dealkylation sites (N-methyl/N-ethyl adjacent to an activating group) is 1. The van der Waals surface area contributed by atoms with Crippen LogP contribution in [0.2, 0.25) is 0 Å². The van der Waals surface area contributed by atoms with Gasteiger partial charge in [-0.05, 0) is 26.7 Å². The van der Waals surface area contributed by atoms with E-state index in [4.69, 9.17) is 4.74 Å². The normalized spacial score (nSPS) is 12.5. The minimum atomic E-state index is -0.772.